The van der Waals surface area contributed by atoms with Gasteiger partial charge in [0.05, 0.1) is 12.1 Å². The van der Waals surface area contributed by atoms with Gasteiger partial charge in [0.25, 0.3) is 5.91 Å². The van der Waals surface area contributed by atoms with E-state index in [1.165, 1.54) is 6.92 Å². The number of aromatic hydroxyl groups is 1. The normalized spacial score (nSPS) is 19.4. The molecule has 1 fully saturated rings. The van der Waals surface area contributed by atoms with E-state index in [0.29, 0.717) is 83.0 Å². The van der Waals surface area contributed by atoms with Crippen LogP contribution in [0.1, 0.15) is 85.5 Å². The molecule has 2 aliphatic heterocycles. The summed E-state index contributed by atoms with van der Waals surface area (Å²) in [5.41, 5.74) is 18.0. The van der Waals surface area contributed by atoms with E-state index in [9.17, 15) is 29.1 Å². The van der Waals surface area contributed by atoms with Crippen molar-refractivity contribution in [2.45, 2.75) is 102 Å². The van der Waals surface area contributed by atoms with E-state index in [2.05, 4.69) is 34.4 Å². The molecule has 4 aromatic carbocycles. The zero-order chi connectivity index (χ0) is 48.5. The molecule has 2 aliphatic rings. The van der Waals surface area contributed by atoms with Crippen LogP contribution in [0.5, 0.6) is 5.75 Å². The van der Waals surface area contributed by atoms with Crippen molar-refractivity contribution in [1.29, 1.82) is 0 Å². The van der Waals surface area contributed by atoms with Crippen molar-refractivity contribution in [2.24, 2.45) is 11.5 Å². The first kappa shape index (κ1) is 49.8. The molecule has 354 valence electrons. The molecule has 0 radical (unpaired) electrons. The van der Waals surface area contributed by atoms with Gasteiger partial charge in [0.2, 0.25) is 23.6 Å². The van der Waals surface area contributed by atoms with Gasteiger partial charge in [-0.2, -0.15) is 0 Å². The number of fused-ring (bicyclic) bond motifs is 5. The average Bonchev–Trinajstić information content (AvgIpc) is 3.31. The number of primary amides is 1. The van der Waals surface area contributed by atoms with Gasteiger partial charge in [-0.1, -0.05) is 67.2 Å². The molecular weight excluding hydrogens is 868 g/mol. The molecule has 0 aromatic heterocycles. The van der Waals surface area contributed by atoms with Crippen LogP contribution in [0.4, 0.5) is 0 Å². The summed E-state index contributed by atoms with van der Waals surface area (Å²) in [6, 6.07) is 20.1. The van der Waals surface area contributed by atoms with E-state index in [4.69, 9.17) is 23.1 Å². The predicted octanol–water partition coefficient (Wildman–Crippen LogP) is 6.01. The Morgan fingerprint density at radius 1 is 0.910 bits per heavy atom. The van der Waals surface area contributed by atoms with Crippen molar-refractivity contribution in [3.8, 4) is 28.0 Å². The number of aryl methyl sites for hydroxylation is 1. The molecule has 4 aromatic rings. The molecule has 2 heterocycles. The first-order valence-corrected chi connectivity index (χ1v) is 23.2. The van der Waals surface area contributed by atoms with Crippen LogP contribution in [0.25, 0.3) is 22.3 Å². The van der Waals surface area contributed by atoms with Gasteiger partial charge in [-0.25, -0.2) is 0 Å². The molecule has 0 spiro atoms. The second kappa shape index (κ2) is 22.2. The summed E-state index contributed by atoms with van der Waals surface area (Å²) in [6.45, 7) is 14.9. The number of halogens is 1. The van der Waals surface area contributed by atoms with Crippen LogP contribution in [0.2, 0.25) is 5.02 Å². The zero-order valence-electron chi connectivity index (χ0n) is 38.7. The molecule has 14 nitrogen and oxygen atoms in total. The molecular formula is C52H63ClN8O6. The Bertz CT molecular complexity index is 2490. The summed E-state index contributed by atoms with van der Waals surface area (Å²) in [5, 5.41) is 23.8. The largest absolute Gasteiger partial charge is 0.507 e. The second-order valence-corrected chi connectivity index (χ2v) is 18.1. The molecule has 1 saturated heterocycles. The number of carbonyl (C=O) groups excluding carboxylic acids is 5. The topological polar surface area (TPSA) is 212 Å². The van der Waals surface area contributed by atoms with E-state index in [-0.39, 0.29) is 18.1 Å². The summed E-state index contributed by atoms with van der Waals surface area (Å²) in [7, 11) is 1.71. The minimum atomic E-state index is -1.12. The number of unbranched alkanes of at least 4 members (excludes halogenated alkanes) is 1. The van der Waals surface area contributed by atoms with Gasteiger partial charge >= 0.3 is 0 Å². The van der Waals surface area contributed by atoms with Crippen molar-refractivity contribution in [3.05, 3.63) is 137 Å². The summed E-state index contributed by atoms with van der Waals surface area (Å²) in [6.07, 6.45) is 4.16. The van der Waals surface area contributed by atoms with E-state index in [1.54, 1.807) is 49.2 Å². The van der Waals surface area contributed by atoms with Gasteiger partial charge in [0.1, 0.15) is 29.9 Å². The Labute approximate surface area is 398 Å². The van der Waals surface area contributed by atoms with Crippen LogP contribution in [0.3, 0.4) is 0 Å². The first-order valence-electron chi connectivity index (χ1n) is 22.8. The van der Waals surface area contributed by atoms with Gasteiger partial charge in [-0.3, -0.25) is 24.0 Å². The number of hydrogen-bond donors (Lipinski definition) is 7. The van der Waals surface area contributed by atoms with E-state index < -0.39 is 59.9 Å². The number of carbonyl (C=O) groups is 5. The Morgan fingerprint density at radius 3 is 2.27 bits per heavy atom. The number of nitrogens with one attached hydrogen (secondary N) is 4. The lowest BCUT2D eigenvalue weighted by Crippen LogP contribution is -2.57. The van der Waals surface area contributed by atoms with Gasteiger partial charge in [-0.05, 0) is 142 Å². The minimum Gasteiger partial charge on any atom is -0.507 e. The molecule has 9 N–H and O–H groups in total. The smallest absolute Gasteiger partial charge is 0.251 e. The van der Waals surface area contributed by atoms with Crippen LogP contribution >= 0.6 is 11.6 Å². The van der Waals surface area contributed by atoms with Crippen molar-refractivity contribution >= 4 is 41.1 Å². The lowest BCUT2D eigenvalue weighted by Gasteiger charge is -2.39. The van der Waals surface area contributed by atoms with Crippen molar-refractivity contribution in [2.75, 3.05) is 20.1 Å². The Kier molecular flexibility index (Phi) is 16.5. The maximum Gasteiger partial charge on any atom is 0.251 e. The number of phenolic OH excluding ortho intramolecular Hbond substituents is 1. The van der Waals surface area contributed by atoms with Crippen LogP contribution < -0.4 is 32.7 Å². The molecule has 0 unspecified atom stereocenters. The Morgan fingerprint density at radius 2 is 1.60 bits per heavy atom. The molecule has 6 rings (SSSR count). The maximum atomic E-state index is 14.7. The number of likely N-dealkylation sites (N-methyl/N-ethyl adjacent to an activating group) is 1. The van der Waals surface area contributed by atoms with E-state index in [1.807, 2.05) is 66.4 Å². The number of benzene rings is 4. The number of rotatable bonds is 15. The van der Waals surface area contributed by atoms with Crippen molar-refractivity contribution in [1.82, 2.24) is 31.1 Å². The number of nitrogens with two attached hydrogens (primary N) is 2. The fourth-order valence-electron chi connectivity index (χ4n) is 8.82. The number of phenols is 1. The lowest BCUT2D eigenvalue weighted by molar-refractivity contribution is -0.133. The van der Waals surface area contributed by atoms with Crippen LogP contribution in [0, 0.1) is 6.92 Å². The molecule has 0 aliphatic carbocycles. The molecule has 0 saturated carbocycles. The van der Waals surface area contributed by atoms with Crippen LogP contribution in [-0.2, 0) is 25.6 Å². The van der Waals surface area contributed by atoms with Crippen molar-refractivity contribution < 1.29 is 29.1 Å². The Balaban J connectivity index is 1.29. The summed E-state index contributed by atoms with van der Waals surface area (Å²) < 4.78 is 0. The highest BCUT2D eigenvalue weighted by molar-refractivity contribution is 6.30. The quantitative estimate of drug-likeness (QED) is 0.0696. The zero-order valence-corrected chi connectivity index (χ0v) is 39.5. The third-order valence-corrected chi connectivity index (χ3v) is 13.1. The highest BCUT2D eigenvalue weighted by atomic mass is 35.5. The number of likely N-dealkylation sites (tertiary alicyclic amines) is 1. The second-order valence-electron chi connectivity index (χ2n) is 17.6. The van der Waals surface area contributed by atoms with E-state index in [0.717, 1.165) is 29.5 Å². The SMILES string of the molecule is C=C([C@H](CCCCN)NC(=O)c1ccc(-c2ccc(Cl)cc2)cc1)N(C)[C@@H]1C(=O)N[C@@H](C)C(=O)N[C@H](C(=O)N[C@@H](C)C(=C)N2CCCC[C@H]2C(N)=O)Cc2ccc(O)c(c2)-c2cc1ccc2C. The van der Waals surface area contributed by atoms with Gasteiger partial charge < -0.3 is 47.6 Å². The molecule has 6 atom stereocenters. The molecule has 5 amide bonds. The van der Waals surface area contributed by atoms with Crippen LogP contribution in [-0.4, -0.2) is 94.8 Å². The number of piperidine rings is 1. The average molecular weight is 932 g/mol. The van der Waals surface area contributed by atoms with Crippen molar-refractivity contribution in [3.63, 3.8) is 0 Å². The standard InChI is InChI=1S/C52H63ClN8O6/c1-30-13-15-39-29-41(30)42-27-35(14-24-46(42)62)28-44(51(66)56-31(2)33(4)61-26-10-8-12-45(61)48(55)63)59-49(64)32(3)57-52(67)47(39)60(6)34(5)43(11-7-9-25-54)58-50(65)38-18-16-36(17-19-38)37-20-22-40(53)23-21-37/h13-24,27,29,31-32,43-45,47,62H,4-5,7-12,25-26,28,54H2,1-3,6H3,(H2,55,63)(H,56,66)(H,57,67)(H,58,65)(H,59,64)/t31-,32-,43-,44-,45-,47-/m0/s1. The Hall–Kier alpha value is -6.64. The van der Waals surface area contributed by atoms with Crippen LogP contribution in [0.15, 0.2) is 109 Å². The molecule has 15 heteroatoms. The first-order chi connectivity index (χ1) is 32.0. The van der Waals surface area contributed by atoms with Gasteiger partial charge in [0.15, 0.2) is 0 Å². The third kappa shape index (κ3) is 12.0. The fraction of sp³-hybridized carbons (Fsp3) is 0.365. The van der Waals surface area contributed by atoms with E-state index >= 15 is 0 Å². The third-order valence-electron chi connectivity index (χ3n) is 12.9. The number of hydrogen-bond acceptors (Lipinski definition) is 9. The lowest BCUT2D eigenvalue weighted by atomic mass is 9.91. The molecule has 4 bridgehead atoms. The highest BCUT2D eigenvalue weighted by Gasteiger charge is 2.35. The van der Waals surface area contributed by atoms with Gasteiger partial charge in [-0.15, -0.1) is 0 Å². The maximum absolute atomic E-state index is 14.7. The molecule has 67 heavy (non-hydrogen) atoms. The number of amides is 5. The monoisotopic (exact) mass is 930 g/mol. The summed E-state index contributed by atoms with van der Waals surface area (Å²) in [5.74, 6) is -2.48. The van der Waals surface area contributed by atoms with Gasteiger partial charge in [0, 0.05) is 47.6 Å². The number of nitrogens with zero attached hydrogens (tertiary/aromatic N) is 2. The summed E-state index contributed by atoms with van der Waals surface area (Å²) in [4.78, 5) is 72.7. The fourth-order valence-corrected chi connectivity index (χ4v) is 8.94. The predicted molar refractivity (Wildman–Crippen MR) is 262 cm³/mol. The summed E-state index contributed by atoms with van der Waals surface area (Å²) >= 11 is 6.09. The minimum absolute atomic E-state index is 0.0205. The highest BCUT2D eigenvalue weighted by Crippen LogP contribution is 2.37.